The van der Waals surface area contributed by atoms with E-state index in [1.807, 2.05) is 20.8 Å². The largest absolute Gasteiger partial charge is 0.288 e. The van der Waals surface area contributed by atoms with Gasteiger partial charge in [0.05, 0.1) is 0 Å². The van der Waals surface area contributed by atoms with Crippen LogP contribution in [0.5, 0.6) is 0 Å². The molecule has 1 amide bonds. The van der Waals surface area contributed by atoms with Crippen LogP contribution in [0.3, 0.4) is 0 Å². The van der Waals surface area contributed by atoms with Crippen LogP contribution in [0.1, 0.15) is 32.2 Å². The SMILES string of the molecule is CC.CCc1ncc(/C=C/C(=O)NO)cn1. The minimum atomic E-state index is -0.579. The van der Waals surface area contributed by atoms with Crippen molar-refractivity contribution in [3.05, 3.63) is 29.9 Å². The molecule has 0 aromatic carbocycles. The fourth-order valence-electron chi connectivity index (χ4n) is 0.843. The fourth-order valence-corrected chi connectivity index (χ4v) is 0.843. The second-order valence-electron chi connectivity index (χ2n) is 2.60. The normalized spacial score (nSPS) is 9.50. The highest BCUT2D eigenvalue weighted by Gasteiger charge is 1.93. The van der Waals surface area contributed by atoms with Crippen LogP contribution in [0.4, 0.5) is 0 Å². The molecule has 88 valence electrons. The Morgan fingerprint density at radius 3 is 2.44 bits per heavy atom. The molecule has 0 aliphatic rings. The van der Waals surface area contributed by atoms with Gasteiger partial charge in [-0.25, -0.2) is 15.4 Å². The average Bonchev–Trinajstić information content (AvgIpc) is 2.38. The Morgan fingerprint density at radius 1 is 1.44 bits per heavy atom. The van der Waals surface area contributed by atoms with Crippen LogP contribution in [0.25, 0.3) is 6.08 Å². The summed E-state index contributed by atoms with van der Waals surface area (Å²) in [5.74, 6) is 0.179. The maximum atomic E-state index is 10.6. The third kappa shape index (κ3) is 5.21. The lowest BCUT2D eigenvalue weighted by Gasteiger charge is -1.95. The predicted molar refractivity (Wildman–Crippen MR) is 61.7 cm³/mol. The molecule has 2 N–H and O–H groups in total. The van der Waals surface area contributed by atoms with Gasteiger partial charge in [-0.05, 0) is 6.08 Å². The minimum absolute atomic E-state index is 0.579. The van der Waals surface area contributed by atoms with Crippen molar-refractivity contribution in [2.24, 2.45) is 0 Å². The number of aryl methyl sites for hydroxylation is 1. The molecular formula is C11H17N3O2. The molecule has 0 spiro atoms. The molecule has 0 aliphatic carbocycles. The molecule has 1 aromatic rings. The maximum absolute atomic E-state index is 10.6. The summed E-state index contributed by atoms with van der Waals surface area (Å²) in [6, 6.07) is 0. The highest BCUT2D eigenvalue weighted by atomic mass is 16.5. The molecule has 0 aliphatic heterocycles. The van der Waals surface area contributed by atoms with Crippen molar-refractivity contribution in [2.45, 2.75) is 27.2 Å². The second kappa shape index (κ2) is 8.55. The van der Waals surface area contributed by atoms with Gasteiger partial charge in [0.2, 0.25) is 0 Å². The number of hydrogen-bond donors (Lipinski definition) is 2. The van der Waals surface area contributed by atoms with E-state index in [9.17, 15) is 4.79 Å². The zero-order chi connectivity index (χ0) is 12.4. The van der Waals surface area contributed by atoms with E-state index in [0.29, 0.717) is 5.56 Å². The lowest BCUT2D eigenvalue weighted by atomic mass is 10.3. The van der Waals surface area contributed by atoms with E-state index in [2.05, 4.69) is 9.97 Å². The minimum Gasteiger partial charge on any atom is -0.288 e. The Kier molecular flexibility index (Phi) is 7.61. The monoisotopic (exact) mass is 223 g/mol. The fraction of sp³-hybridized carbons (Fsp3) is 0.364. The first-order chi connectivity index (χ1) is 7.76. The van der Waals surface area contributed by atoms with Crippen LogP contribution in [-0.2, 0) is 11.2 Å². The number of carbonyl (C=O) groups is 1. The van der Waals surface area contributed by atoms with Crippen LogP contribution in [0.2, 0.25) is 0 Å². The molecule has 0 radical (unpaired) electrons. The number of amides is 1. The first kappa shape index (κ1) is 14.2. The van der Waals surface area contributed by atoms with Crippen molar-refractivity contribution >= 4 is 12.0 Å². The zero-order valence-electron chi connectivity index (χ0n) is 9.77. The van der Waals surface area contributed by atoms with Gasteiger partial charge in [-0.1, -0.05) is 20.8 Å². The maximum Gasteiger partial charge on any atom is 0.267 e. The number of hydroxylamine groups is 1. The van der Waals surface area contributed by atoms with Crippen molar-refractivity contribution in [3.63, 3.8) is 0 Å². The number of carbonyl (C=O) groups excluding carboxylic acids is 1. The first-order valence-corrected chi connectivity index (χ1v) is 5.19. The molecular weight excluding hydrogens is 206 g/mol. The van der Waals surface area contributed by atoms with Crippen molar-refractivity contribution < 1.29 is 10.0 Å². The Balaban J connectivity index is 0.00000106. The van der Waals surface area contributed by atoms with Gasteiger partial charge in [0.1, 0.15) is 5.82 Å². The topological polar surface area (TPSA) is 75.1 Å². The lowest BCUT2D eigenvalue weighted by Crippen LogP contribution is -2.14. The highest BCUT2D eigenvalue weighted by molar-refractivity contribution is 5.90. The third-order valence-corrected chi connectivity index (χ3v) is 1.58. The summed E-state index contributed by atoms with van der Waals surface area (Å²) < 4.78 is 0. The molecule has 0 saturated heterocycles. The Morgan fingerprint density at radius 2 is 2.00 bits per heavy atom. The molecule has 16 heavy (non-hydrogen) atoms. The van der Waals surface area contributed by atoms with Crippen LogP contribution < -0.4 is 5.48 Å². The molecule has 1 rings (SSSR count). The molecule has 5 nitrogen and oxygen atoms in total. The predicted octanol–water partition coefficient (Wildman–Crippen LogP) is 1.58. The summed E-state index contributed by atoms with van der Waals surface area (Å²) >= 11 is 0. The highest BCUT2D eigenvalue weighted by Crippen LogP contribution is 1.99. The van der Waals surface area contributed by atoms with Crippen LogP contribution in [-0.4, -0.2) is 21.1 Å². The van der Waals surface area contributed by atoms with E-state index >= 15 is 0 Å². The summed E-state index contributed by atoms with van der Waals surface area (Å²) in [5, 5.41) is 8.21. The third-order valence-electron chi connectivity index (χ3n) is 1.58. The standard InChI is InChI=1S/C9H11N3O2.C2H6/c1-2-8-10-5-7(6-11-8)3-4-9(13)12-14;1-2/h3-6,14H,2H2,1H3,(H,12,13);1-2H3/b4-3+;. The quantitative estimate of drug-likeness (QED) is 0.463. The smallest absolute Gasteiger partial charge is 0.267 e. The van der Waals surface area contributed by atoms with Crippen LogP contribution >= 0.6 is 0 Å². The van der Waals surface area contributed by atoms with Gasteiger partial charge < -0.3 is 0 Å². The van der Waals surface area contributed by atoms with Gasteiger partial charge in [-0.15, -0.1) is 0 Å². The van der Waals surface area contributed by atoms with E-state index in [1.54, 1.807) is 12.4 Å². The second-order valence-corrected chi connectivity index (χ2v) is 2.60. The summed E-state index contributed by atoms with van der Waals surface area (Å²) in [6.45, 7) is 5.96. The molecule has 0 saturated carbocycles. The van der Waals surface area contributed by atoms with E-state index in [1.165, 1.54) is 17.6 Å². The molecule has 0 fully saturated rings. The van der Waals surface area contributed by atoms with E-state index in [4.69, 9.17) is 5.21 Å². The Labute approximate surface area is 95.2 Å². The van der Waals surface area contributed by atoms with Gasteiger partial charge in [0, 0.05) is 30.5 Å². The zero-order valence-corrected chi connectivity index (χ0v) is 9.77. The molecule has 0 unspecified atom stereocenters. The van der Waals surface area contributed by atoms with E-state index < -0.39 is 5.91 Å². The lowest BCUT2D eigenvalue weighted by molar-refractivity contribution is -0.124. The number of aromatic nitrogens is 2. The van der Waals surface area contributed by atoms with Crippen LogP contribution in [0.15, 0.2) is 18.5 Å². The summed E-state index contributed by atoms with van der Waals surface area (Å²) in [7, 11) is 0. The number of rotatable bonds is 3. The molecule has 0 atom stereocenters. The summed E-state index contributed by atoms with van der Waals surface area (Å²) in [4.78, 5) is 18.7. The summed E-state index contributed by atoms with van der Waals surface area (Å²) in [5.41, 5.74) is 2.20. The van der Waals surface area contributed by atoms with Crippen LogP contribution in [0, 0.1) is 0 Å². The van der Waals surface area contributed by atoms with Crippen molar-refractivity contribution in [1.82, 2.24) is 15.4 Å². The van der Waals surface area contributed by atoms with Crippen molar-refractivity contribution in [1.29, 1.82) is 0 Å². The van der Waals surface area contributed by atoms with E-state index in [0.717, 1.165) is 12.2 Å². The first-order valence-electron chi connectivity index (χ1n) is 5.19. The Hall–Kier alpha value is -1.75. The van der Waals surface area contributed by atoms with Gasteiger partial charge in [0.15, 0.2) is 0 Å². The van der Waals surface area contributed by atoms with Crippen molar-refractivity contribution in [3.8, 4) is 0 Å². The molecule has 5 heteroatoms. The summed E-state index contributed by atoms with van der Waals surface area (Å²) in [6.07, 6.45) is 6.73. The Bertz CT molecular complexity index is 334. The van der Waals surface area contributed by atoms with Crippen molar-refractivity contribution in [2.75, 3.05) is 0 Å². The molecule has 1 aromatic heterocycles. The van der Waals surface area contributed by atoms with Gasteiger partial charge in [0.25, 0.3) is 5.91 Å². The average molecular weight is 223 g/mol. The van der Waals surface area contributed by atoms with Gasteiger partial charge in [-0.3, -0.25) is 10.0 Å². The number of hydrogen-bond acceptors (Lipinski definition) is 4. The number of nitrogens with one attached hydrogen (secondary N) is 1. The van der Waals surface area contributed by atoms with Gasteiger partial charge >= 0.3 is 0 Å². The van der Waals surface area contributed by atoms with E-state index in [-0.39, 0.29) is 0 Å². The molecule has 1 heterocycles. The number of nitrogens with zero attached hydrogens (tertiary/aromatic N) is 2. The van der Waals surface area contributed by atoms with Gasteiger partial charge in [-0.2, -0.15) is 0 Å². The molecule has 0 bridgehead atoms.